The largest absolute Gasteiger partial charge is 0.427 e. The van der Waals surface area contributed by atoms with Gasteiger partial charge in [-0.05, 0) is 66.8 Å². The second-order valence-corrected chi connectivity index (χ2v) is 6.00. The van der Waals surface area contributed by atoms with Crippen molar-refractivity contribution in [2.45, 2.75) is 26.2 Å². The van der Waals surface area contributed by atoms with Gasteiger partial charge in [0.15, 0.2) is 0 Å². The average Bonchev–Trinajstić information content (AvgIpc) is 3.11. The molecular weight excluding hydrogens is 316 g/mol. The highest BCUT2D eigenvalue weighted by Crippen LogP contribution is 2.31. The zero-order chi connectivity index (χ0) is 17.8. The Hall–Kier alpha value is -3.08. The minimum atomic E-state index is -0.400. The summed E-state index contributed by atoms with van der Waals surface area (Å²) in [6, 6.07) is 12.1. The van der Waals surface area contributed by atoms with E-state index in [0.29, 0.717) is 22.7 Å². The number of nitrogen functional groups attached to an aromatic ring is 1. The summed E-state index contributed by atoms with van der Waals surface area (Å²) in [6.45, 7) is 1.33. The molecule has 3 N–H and O–H groups in total. The SMILES string of the molecule is CC(=O)Oc1ccc(C(=O)Nc2cc(C3=CCCC3)ccc2N)cc1. The first-order chi connectivity index (χ1) is 12.0. The average molecular weight is 336 g/mol. The number of allylic oxidation sites excluding steroid dienone is 2. The Morgan fingerprint density at radius 2 is 1.88 bits per heavy atom. The third-order valence-electron chi connectivity index (χ3n) is 4.09. The van der Waals surface area contributed by atoms with Crippen molar-refractivity contribution in [3.63, 3.8) is 0 Å². The van der Waals surface area contributed by atoms with Crippen LogP contribution in [-0.4, -0.2) is 11.9 Å². The third kappa shape index (κ3) is 4.07. The van der Waals surface area contributed by atoms with Gasteiger partial charge in [0.1, 0.15) is 5.75 Å². The normalized spacial score (nSPS) is 13.2. The van der Waals surface area contributed by atoms with Gasteiger partial charge in [0.25, 0.3) is 5.91 Å². The van der Waals surface area contributed by atoms with Crippen molar-refractivity contribution in [1.82, 2.24) is 0 Å². The van der Waals surface area contributed by atoms with Crippen LogP contribution in [0.1, 0.15) is 42.1 Å². The maximum atomic E-state index is 12.4. The Morgan fingerprint density at radius 3 is 2.52 bits per heavy atom. The number of nitrogens with two attached hydrogens (primary N) is 1. The third-order valence-corrected chi connectivity index (χ3v) is 4.09. The first-order valence-electron chi connectivity index (χ1n) is 8.22. The molecule has 0 radical (unpaired) electrons. The van der Waals surface area contributed by atoms with E-state index in [9.17, 15) is 9.59 Å². The van der Waals surface area contributed by atoms with Crippen LogP contribution in [0.15, 0.2) is 48.5 Å². The first-order valence-corrected chi connectivity index (χ1v) is 8.22. The molecule has 25 heavy (non-hydrogen) atoms. The van der Waals surface area contributed by atoms with Gasteiger partial charge in [-0.15, -0.1) is 0 Å². The van der Waals surface area contributed by atoms with Crippen molar-refractivity contribution in [3.05, 3.63) is 59.7 Å². The van der Waals surface area contributed by atoms with Crippen LogP contribution in [0.4, 0.5) is 11.4 Å². The molecule has 0 heterocycles. The second kappa shape index (κ2) is 7.21. The molecule has 0 aromatic heterocycles. The summed E-state index contributed by atoms with van der Waals surface area (Å²) < 4.78 is 4.96. The van der Waals surface area contributed by atoms with Gasteiger partial charge in [-0.3, -0.25) is 9.59 Å². The van der Waals surface area contributed by atoms with Crippen molar-refractivity contribution in [1.29, 1.82) is 0 Å². The molecule has 5 heteroatoms. The van der Waals surface area contributed by atoms with Crippen LogP contribution < -0.4 is 15.8 Å². The number of carbonyl (C=O) groups is 2. The Kier molecular flexibility index (Phi) is 4.84. The predicted octanol–water partition coefficient (Wildman–Crippen LogP) is 4.01. The summed E-state index contributed by atoms with van der Waals surface area (Å²) in [5.41, 5.74) is 9.96. The van der Waals surface area contributed by atoms with Gasteiger partial charge < -0.3 is 15.8 Å². The number of rotatable bonds is 4. The summed E-state index contributed by atoms with van der Waals surface area (Å²) in [6.07, 6.45) is 5.53. The highest BCUT2D eigenvalue weighted by molar-refractivity contribution is 6.06. The van der Waals surface area contributed by atoms with Crippen LogP contribution in [0.5, 0.6) is 5.75 Å². The molecule has 3 rings (SSSR count). The molecule has 0 saturated heterocycles. The number of nitrogens with one attached hydrogen (secondary N) is 1. The quantitative estimate of drug-likeness (QED) is 0.502. The van der Waals surface area contributed by atoms with E-state index >= 15 is 0 Å². The van der Waals surface area contributed by atoms with Gasteiger partial charge in [-0.2, -0.15) is 0 Å². The number of amides is 1. The molecule has 2 aromatic carbocycles. The van der Waals surface area contributed by atoms with Crippen molar-refractivity contribution in [2.24, 2.45) is 0 Å². The number of hydrogen-bond donors (Lipinski definition) is 2. The fourth-order valence-electron chi connectivity index (χ4n) is 2.83. The number of anilines is 2. The van der Waals surface area contributed by atoms with E-state index in [2.05, 4.69) is 11.4 Å². The molecule has 1 aliphatic carbocycles. The molecule has 1 amide bonds. The maximum absolute atomic E-state index is 12.4. The van der Waals surface area contributed by atoms with Crippen LogP contribution >= 0.6 is 0 Å². The molecule has 0 aliphatic heterocycles. The molecular formula is C20H20N2O3. The van der Waals surface area contributed by atoms with E-state index in [1.807, 2.05) is 18.2 Å². The molecule has 0 spiro atoms. The van der Waals surface area contributed by atoms with E-state index in [1.165, 1.54) is 12.5 Å². The Balaban J connectivity index is 1.76. The van der Waals surface area contributed by atoms with Gasteiger partial charge in [0.05, 0.1) is 11.4 Å². The number of carbonyl (C=O) groups excluding carboxylic acids is 2. The van der Waals surface area contributed by atoms with E-state index in [4.69, 9.17) is 10.5 Å². The summed E-state index contributed by atoms with van der Waals surface area (Å²) >= 11 is 0. The highest BCUT2D eigenvalue weighted by Gasteiger charge is 2.12. The number of benzene rings is 2. The van der Waals surface area contributed by atoms with Gasteiger partial charge in [-0.1, -0.05) is 12.1 Å². The summed E-state index contributed by atoms with van der Waals surface area (Å²) in [5, 5.41) is 2.85. The van der Waals surface area contributed by atoms with Crippen LogP contribution in [-0.2, 0) is 4.79 Å². The van der Waals surface area contributed by atoms with Gasteiger partial charge >= 0.3 is 5.97 Å². The lowest BCUT2D eigenvalue weighted by atomic mass is 10.0. The van der Waals surface area contributed by atoms with Crippen LogP contribution in [0.25, 0.3) is 5.57 Å². The summed E-state index contributed by atoms with van der Waals surface area (Å²) in [4.78, 5) is 23.4. The molecule has 1 aliphatic rings. The fourth-order valence-corrected chi connectivity index (χ4v) is 2.83. The molecule has 0 unspecified atom stereocenters. The van der Waals surface area contributed by atoms with E-state index in [1.54, 1.807) is 24.3 Å². The molecule has 2 aromatic rings. The summed E-state index contributed by atoms with van der Waals surface area (Å²) in [5.74, 6) is -0.264. The second-order valence-electron chi connectivity index (χ2n) is 6.00. The first kappa shape index (κ1) is 16.8. The molecule has 0 bridgehead atoms. The smallest absolute Gasteiger partial charge is 0.308 e. The number of esters is 1. The van der Waals surface area contributed by atoms with Gasteiger partial charge in [0.2, 0.25) is 0 Å². The van der Waals surface area contributed by atoms with Crippen molar-refractivity contribution in [2.75, 3.05) is 11.1 Å². The monoisotopic (exact) mass is 336 g/mol. The van der Waals surface area contributed by atoms with E-state index in [0.717, 1.165) is 24.8 Å². The van der Waals surface area contributed by atoms with Crippen molar-refractivity contribution < 1.29 is 14.3 Å². The molecule has 0 atom stereocenters. The van der Waals surface area contributed by atoms with Gasteiger partial charge in [-0.25, -0.2) is 0 Å². The number of ether oxygens (including phenoxy) is 1. The fraction of sp³-hybridized carbons (Fsp3) is 0.200. The minimum Gasteiger partial charge on any atom is -0.427 e. The Morgan fingerprint density at radius 1 is 1.12 bits per heavy atom. The Bertz CT molecular complexity index is 839. The summed E-state index contributed by atoms with van der Waals surface area (Å²) in [7, 11) is 0. The van der Waals surface area contributed by atoms with Gasteiger partial charge in [0, 0.05) is 12.5 Å². The van der Waals surface area contributed by atoms with Crippen LogP contribution in [0, 0.1) is 0 Å². The van der Waals surface area contributed by atoms with Crippen LogP contribution in [0.3, 0.4) is 0 Å². The molecule has 0 fully saturated rings. The zero-order valence-electron chi connectivity index (χ0n) is 14.0. The van der Waals surface area contributed by atoms with E-state index < -0.39 is 5.97 Å². The molecule has 128 valence electrons. The lowest BCUT2D eigenvalue weighted by molar-refractivity contribution is -0.131. The van der Waals surface area contributed by atoms with Crippen molar-refractivity contribution in [3.8, 4) is 5.75 Å². The lowest BCUT2D eigenvalue weighted by Crippen LogP contribution is -2.13. The topological polar surface area (TPSA) is 81.4 Å². The Labute approximate surface area is 146 Å². The predicted molar refractivity (Wildman–Crippen MR) is 98.4 cm³/mol. The highest BCUT2D eigenvalue weighted by atomic mass is 16.5. The maximum Gasteiger partial charge on any atom is 0.308 e. The standard InChI is InChI=1S/C20H20N2O3/c1-13(23)25-17-9-6-15(7-10-17)20(24)22-19-12-16(8-11-18(19)21)14-4-2-3-5-14/h4,6-12H,2-3,5,21H2,1H3,(H,22,24). The van der Waals surface area contributed by atoms with Crippen LogP contribution in [0.2, 0.25) is 0 Å². The van der Waals surface area contributed by atoms with Crippen molar-refractivity contribution >= 4 is 28.8 Å². The lowest BCUT2D eigenvalue weighted by Gasteiger charge is -2.11. The van der Waals surface area contributed by atoms with E-state index in [-0.39, 0.29) is 5.91 Å². The zero-order valence-corrected chi connectivity index (χ0v) is 14.0. The molecule has 5 nitrogen and oxygen atoms in total. The number of hydrogen-bond acceptors (Lipinski definition) is 4. The minimum absolute atomic E-state index is 0.265. The molecule has 0 saturated carbocycles.